The number of halogens is 1. The lowest BCUT2D eigenvalue weighted by Gasteiger charge is -2.16. The Morgan fingerprint density at radius 2 is 2.09 bits per heavy atom. The number of carboxylic acids is 1. The Labute approximate surface area is 142 Å². The first-order valence-electron chi connectivity index (χ1n) is 6.79. The number of nitro benzene ring substituents is 1. The van der Waals surface area contributed by atoms with Crippen LogP contribution in [0.1, 0.15) is 20.3 Å². The summed E-state index contributed by atoms with van der Waals surface area (Å²) in [4.78, 5) is 33.7. The Morgan fingerprint density at radius 1 is 1.43 bits per heavy atom. The summed E-state index contributed by atoms with van der Waals surface area (Å²) < 4.78 is 0. The SMILES string of the molecule is CC(C)CC(NC(=O)CSc1ccc(Cl)cc1[N+](=O)[O-])C(=O)O. The molecule has 126 valence electrons. The summed E-state index contributed by atoms with van der Waals surface area (Å²) in [6, 6.07) is 3.19. The summed E-state index contributed by atoms with van der Waals surface area (Å²) in [5.74, 6) is -1.60. The number of hydrogen-bond donors (Lipinski definition) is 2. The molecule has 1 atom stereocenters. The van der Waals surface area contributed by atoms with Crippen LogP contribution >= 0.6 is 23.4 Å². The van der Waals surface area contributed by atoms with Crippen LogP contribution in [0.25, 0.3) is 0 Å². The van der Waals surface area contributed by atoms with Gasteiger partial charge in [0.2, 0.25) is 5.91 Å². The number of carbonyl (C=O) groups excluding carboxylic acids is 1. The molecule has 0 aliphatic heterocycles. The van der Waals surface area contributed by atoms with E-state index in [2.05, 4.69) is 5.32 Å². The van der Waals surface area contributed by atoms with Crippen molar-refractivity contribution in [3.05, 3.63) is 33.3 Å². The van der Waals surface area contributed by atoms with E-state index in [9.17, 15) is 19.7 Å². The Hall–Kier alpha value is -1.80. The van der Waals surface area contributed by atoms with Crippen molar-refractivity contribution in [2.45, 2.75) is 31.2 Å². The summed E-state index contributed by atoms with van der Waals surface area (Å²) in [5.41, 5.74) is -0.188. The topological polar surface area (TPSA) is 110 Å². The van der Waals surface area contributed by atoms with Gasteiger partial charge in [0.1, 0.15) is 6.04 Å². The summed E-state index contributed by atoms with van der Waals surface area (Å²) in [5, 5.41) is 22.7. The predicted octanol–water partition coefficient (Wildman–Crippen LogP) is 2.96. The summed E-state index contributed by atoms with van der Waals surface area (Å²) in [6.45, 7) is 3.71. The lowest BCUT2D eigenvalue weighted by Crippen LogP contribution is -2.42. The van der Waals surface area contributed by atoms with Crippen LogP contribution in [0.15, 0.2) is 23.1 Å². The molecule has 0 spiro atoms. The highest BCUT2D eigenvalue weighted by atomic mass is 35.5. The van der Waals surface area contributed by atoms with Crippen LogP contribution in [-0.4, -0.2) is 33.7 Å². The van der Waals surface area contributed by atoms with Crippen molar-refractivity contribution in [1.82, 2.24) is 5.32 Å². The van der Waals surface area contributed by atoms with Crippen molar-refractivity contribution in [3.8, 4) is 0 Å². The van der Waals surface area contributed by atoms with Crippen molar-refractivity contribution >= 4 is 40.9 Å². The standard InChI is InChI=1S/C14H17ClN2O5S/c1-8(2)5-10(14(19)20)16-13(18)7-23-12-4-3-9(15)6-11(12)17(21)22/h3-4,6,8,10H,5,7H2,1-2H3,(H,16,18)(H,19,20). The van der Waals surface area contributed by atoms with E-state index in [1.54, 1.807) is 0 Å². The smallest absolute Gasteiger partial charge is 0.326 e. The molecular formula is C14H17ClN2O5S. The molecule has 1 rings (SSSR count). The Balaban J connectivity index is 2.69. The highest BCUT2D eigenvalue weighted by molar-refractivity contribution is 8.00. The summed E-state index contributed by atoms with van der Waals surface area (Å²) in [7, 11) is 0. The van der Waals surface area contributed by atoms with E-state index in [4.69, 9.17) is 16.7 Å². The van der Waals surface area contributed by atoms with Crippen LogP contribution in [0.2, 0.25) is 5.02 Å². The molecule has 0 saturated carbocycles. The Kier molecular flexibility index (Phi) is 7.31. The molecule has 0 radical (unpaired) electrons. The number of nitro groups is 1. The third kappa shape index (κ3) is 6.45. The minimum absolute atomic E-state index is 0.112. The van der Waals surface area contributed by atoms with Crippen molar-refractivity contribution in [1.29, 1.82) is 0 Å². The minimum Gasteiger partial charge on any atom is -0.480 e. The predicted molar refractivity (Wildman–Crippen MR) is 87.9 cm³/mol. The van der Waals surface area contributed by atoms with Gasteiger partial charge in [-0.2, -0.15) is 0 Å². The second kappa shape index (κ2) is 8.73. The normalized spacial score (nSPS) is 12.0. The lowest BCUT2D eigenvalue weighted by molar-refractivity contribution is -0.387. The third-order valence-corrected chi connectivity index (χ3v) is 4.11. The molecular weight excluding hydrogens is 344 g/mol. The van der Waals surface area contributed by atoms with Gasteiger partial charge in [0.15, 0.2) is 0 Å². The zero-order chi connectivity index (χ0) is 17.6. The highest BCUT2D eigenvalue weighted by Crippen LogP contribution is 2.31. The fourth-order valence-corrected chi connectivity index (χ4v) is 2.81. The fourth-order valence-electron chi connectivity index (χ4n) is 1.83. The van der Waals surface area contributed by atoms with Gasteiger partial charge in [-0.1, -0.05) is 25.4 Å². The van der Waals surface area contributed by atoms with Crippen LogP contribution < -0.4 is 5.32 Å². The van der Waals surface area contributed by atoms with Crippen molar-refractivity contribution in [3.63, 3.8) is 0 Å². The minimum atomic E-state index is -1.10. The fraction of sp³-hybridized carbons (Fsp3) is 0.429. The number of carboxylic acid groups (broad SMARTS) is 1. The van der Waals surface area contributed by atoms with Crippen molar-refractivity contribution in [2.24, 2.45) is 5.92 Å². The number of rotatable bonds is 8. The van der Waals surface area contributed by atoms with Crippen LogP contribution in [-0.2, 0) is 9.59 Å². The van der Waals surface area contributed by atoms with Gasteiger partial charge in [0.05, 0.1) is 15.6 Å². The molecule has 0 saturated heterocycles. The monoisotopic (exact) mass is 360 g/mol. The lowest BCUT2D eigenvalue weighted by atomic mass is 10.0. The molecule has 1 unspecified atom stereocenters. The maximum Gasteiger partial charge on any atom is 0.326 e. The van der Waals surface area contributed by atoms with E-state index >= 15 is 0 Å². The third-order valence-electron chi connectivity index (χ3n) is 2.82. The number of carbonyl (C=O) groups is 2. The zero-order valence-corrected chi connectivity index (χ0v) is 14.2. The summed E-state index contributed by atoms with van der Waals surface area (Å²) in [6.07, 6.45) is 0.312. The van der Waals surface area contributed by atoms with Crippen LogP contribution in [0, 0.1) is 16.0 Å². The number of hydrogen-bond acceptors (Lipinski definition) is 5. The van der Waals surface area contributed by atoms with Gasteiger partial charge in [-0.15, -0.1) is 11.8 Å². The molecule has 1 aromatic rings. The van der Waals surface area contributed by atoms with Gasteiger partial charge in [0, 0.05) is 11.1 Å². The van der Waals surface area contributed by atoms with E-state index in [1.807, 2.05) is 13.8 Å². The molecule has 1 aromatic carbocycles. The molecule has 0 heterocycles. The number of nitrogens with one attached hydrogen (secondary N) is 1. The van der Waals surface area contributed by atoms with E-state index < -0.39 is 22.8 Å². The molecule has 0 fully saturated rings. The molecule has 0 aliphatic rings. The first-order chi connectivity index (χ1) is 10.7. The van der Waals surface area contributed by atoms with E-state index in [-0.39, 0.29) is 22.4 Å². The van der Waals surface area contributed by atoms with Crippen LogP contribution in [0.5, 0.6) is 0 Å². The van der Waals surface area contributed by atoms with E-state index in [1.165, 1.54) is 18.2 Å². The number of amides is 1. The maximum absolute atomic E-state index is 11.9. The van der Waals surface area contributed by atoms with Gasteiger partial charge in [-0.05, 0) is 24.5 Å². The molecule has 0 aromatic heterocycles. The summed E-state index contributed by atoms with van der Waals surface area (Å²) >= 11 is 6.68. The zero-order valence-electron chi connectivity index (χ0n) is 12.6. The van der Waals surface area contributed by atoms with Gasteiger partial charge in [-0.3, -0.25) is 14.9 Å². The molecule has 1 amide bonds. The molecule has 9 heteroatoms. The average Bonchev–Trinajstić information content (AvgIpc) is 2.44. The van der Waals surface area contributed by atoms with Crippen LogP contribution in [0.4, 0.5) is 5.69 Å². The second-order valence-corrected chi connectivity index (χ2v) is 6.70. The number of nitrogens with zero attached hydrogens (tertiary/aromatic N) is 1. The van der Waals surface area contributed by atoms with Gasteiger partial charge < -0.3 is 10.4 Å². The molecule has 23 heavy (non-hydrogen) atoms. The van der Waals surface area contributed by atoms with Gasteiger partial charge in [0.25, 0.3) is 5.69 Å². The highest BCUT2D eigenvalue weighted by Gasteiger charge is 2.22. The van der Waals surface area contributed by atoms with Gasteiger partial charge in [-0.25, -0.2) is 4.79 Å². The molecule has 0 aliphatic carbocycles. The van der Waals surface area contributed by atoms with Gasteiger partial charge >= 0.3 is 5.97 Å². The largest absolute Gasteiger partial charge is 0.480 e. The average molecular weight is 361 g/mol. The number of thioether (sulfide) groups is 1. The van der Waals surface area contributed by atoms with E-state index in [0.29, 0.717) is 11.3 Å². The molecule has 7 nitrogen and oxygen atoms in total. The molecule has 2 N–H and O–H groups in total. The number of benzene rings is 1. The second-order valence-electron chi connectivity index (χ2n) is 5.25. The van der Waals surface area contributed by atoms with Crippen molar-refractivity contribution < 1.29 is 19.6 Å². The maximum atomic E-state index is 11.9. The van der Waals surface area contributed by atoms with Crippen molar-refractivity contribution in [2.75, 3.05) is 5.75 Å². The first kappa shape index (κ1) is 19.2. The molecule has 0 bridgehead atoms. The van der Waals surface area contributed by atoms with Crippen LogP contribution in [0.3, 0.4) is 0 Å². The Morgan fingerprint density at radius 3 is 2.61 bits per heavy atom. The quantitative estimate of drug-likeness (QED) is 0.419. The Bertz CT molecular complexity index is 609. The first-order valence-corrected chi connectivity index (χ1v) is 8.16. The van der Waals surface area contributed by atoms with E-state index in [0.717, 1.165) is 11.8 Å². The number of aliphatic carboxylic acids is 1.